The van der Waals surface area contributed by atoms with Crippen LogP contribution < -0.4 is 0 Å². The summed E-state index contributed by atoms with van der Waals surface area (Å²) >= 11 is 0. The largest absolute Gasteiger partial charge is 0.394 e. The summed E-state index contributed by atoms with van der Waals surface area (Å²) in [6.07, 6.45) is 0.264. The highest BCUT2D eigenvalue weighted by Gasteiger charge is 2.50. The van der Waals surface area contributed by atoms with Crippen LogP contribution >= 0.6 is 0 Å². The molecule has 0 aromatic carbocycles. The van der Waals surface area contributed by atoms with Gasteiger partial charge in [-0.15, -0.1) is 0 Å². The van der Waals surface area contributed by atoms with E-state index in [9.17, 15) is 35.7 Å². The van der Waals surface area contributed by atoms with Crippen LogP contribution in [0.4, 0.5) is 0 Å². The zero-order valence-electron chi connectivity index (χ0n) is 22.1. The fraction of sp³-hybridized carbons (Fsp3) is 1.00. The van der Waals surface area contributed by atoms with Crippen LogP contribution in [0.5, 0.6) is 0 Å². The fourth-order valence-corrected chi connectivity index (χ4v) is 4.92. The van der Waals surface area contributed by atoms with E-state index in [2.05, 4.69) is 6.92 Å². The third-order valence-electron chi connectivity index (χ3n) is 7.26. The van der Waals surface area contributed by atoms with Crippen molar-refractivity contribution in [3.63, 3.8) is 0 Å². The van der Waals surface area contributed by atoms with Gasteiger partial charge in [0.2, 0.25) is 0 Å². The molecule has 0 amide bonds. The summed E-state index contributed by atoms with van der Waals surface area (Å²) in [4.78, 5) is 0. The predicted molar refractivity (Wildman–Crippen MR) is 133 cm³/mol. The first-order chi connectivity index (χ1) is 17.8. The smallest absolute Gasteiger partial charge is 0.187 e. The lowest BCUT2D eigenvalue weighted by Crippen LogP contribution is -2.64. The second-order valence-corrected chi connectivity index (χ2v) is 10.3. The molecule has 2 rings (SSSR count). The lowest BCUT2D eigenvalue weighted by Gasteiger charge is -2.46. The van der Waals surface area contributed by atoms with Crippen LogP contribution in [0, 0.1) is 0 Å². The molecular formula is C26H50O11. The van der Waals surface area contributed by atoms with Crippen LogP contribution in [0.1, 0.15) is 84.0 Å². The Morgan fingerprint density at radius 1 is 0.568 bits per heavy atom. The summed E-state index contributed by atoms with van der Waals surface area (Å²) in [6.45, 7) is 1.40. The molecule has 0 unspecified atom stereocenters. The Kier molecular flexibility index (Phi) is 16.0. The van der Waals surface area contributed by atoms with Gasteiger partial charge in [-0.2, -0.15) is 0 Å². The maximum absolute atomic E-state index is 10.6. The second kappa shape index (κ2) is 18.0. The van der Waals surface area contributed by atoms with E-state index in [0.29, 0.717) is 6.61 Å². The Labute approximate surface area is 220 Å². The van der Waals surface area contributed by atoms with E-state index in [0.717, 1.165) is 19.3 Å². The van der Waals surface area contributed by atoms with Gasteiger partial charge in [-0.1, -0.05) is 77.6 Å². The Hall–Kier alpha value is -0.440. The number of hydrogen-bond acceptors (Lipinski definition) is 11. The SMILES string of the molecule is CCCCCCCCCCCCCCO[C@H]1[C@H](O)[C@@H](O)[C@H](O[C@@H]2[C@H](O)[C@@H](O)[C@H](O)O[C@@H]2CO)O[C@@H]1CO. The van der Waals surface area contributed by atoms with Crippen molar-refractivity contribution in [1.29, 1.82) is 0 Å². The summed E-state index contributed by atoms with van der Waals surface area (Å²) in [6, 6.07) is 0. The molecule has 7 N–H and O–H groups in total. The Morgan fingerprint density at radius 2 is 1.05 bits per heavy atom. The van der Waals surface area contributed by atoms with Crippen LogP contribution in [-0.4, -0.2) is 117 Å². The molecule has 10 atom stereocenters. The van der Waals surface area contributed by atoms with Gasteiger partial charge in [-0.25, -0.2) is 0 Å². The Morgan fingerprint density at radius 3 is 1.59 bits per heavy atom. The molecule has 2 aliphatic heterocycles. The van der Waals surface area contributed by atoms with Gasteiger partial charge in [0.05, 0.1) is 13.2 Å². The fourth-order valence-electron chi connectivity index (χ4n) is 4.92. The molecule has 2 fully saturated rings. The van der Waals surface area contributed by atoms with E-state index in [-0.39, 0.29) is 0 Å². The van der Waals surface area contributed by atoms with Gasteiger partial charge < -0.3 is 54.7 Å². The third kappa shape index (κ3) is 10.2. The summed E-state index contributed by atoms with van der Waals surface area (Å²) in [5.41, 5.74) is 0. The topological polar surface area (TPSA) is 179 Å². The molecule has 0 aliphatic carbocycles. The van der Waals surface area contributed by atoms with Crippen LogP contribution in [0.15, 0.2) is 0 Å². The molecule has 0 saturated carbocycles. The zero-order chi connectivity index (χ0) is 27.2. The van der Waals surface area contributed by atoms with Crippen LogP contribution in [0.25, 0.3) is 0 Å². The molecule has 220 valence electrons. The quantitative estimate of drug-likeness (QED) is 0.120. The zero-order valence-corrected chi connectivity index (χ0v) is 22.1. The van der Waals surface area contributed by atoms with Crippen molar-refractivity contribution < 1.29 is 54.7 Å². The predicted octanol–water partition coefficient (Wildman–Crippen LogP) is 0.328. The first-order valence-electron chi connectivity index (χ1n) is 14.1. The minimum Gasteiger partial charge on any atom is -0.394 e. The van der Waals surface area contributed by atoms with Gasteiger partial charge in [-0.3, -0.25) is 0 Å². The maximum Gasteiger partial charge on any atom is 0.187 e. The van der Waals surface area contributed by atoms with Gasteiger partial charge in [0.25, 0.3) is 0 Å². The minimum atomic E-state index is -1.72. The van der Waals surface area contributed by atoms with Gasteiger partial charge in [0, 0.05) is 6.61 Å². The van der Waals surface area contributed by atoms with Crippen molar-refractivity contribution in [3.8, 4) is 0 Å². The molecule has 0 aromatic heterocycles. The Balaban J connectivity index is 1.69. The molecular weight excluding hydrogens is 488 g/mol. The first-order valence-corrected chi connectivity index (χ1v) is 14.1. The molecule has 0 aromatic rings. The van der Waals surface area contributed by atoms with Crippen LogP contribution in [0.3, 0.4) is 0 Å². The number of aliphatic hydroxyl groups is 7. The van der Waals surface area contributed by atoms with Gasteiger partial charge in [-0.05, 0) is 6.42 Å². The number of hydrogen-bond donors (Lipinski definition) is 7. The molecule has 37 heavy (non-hydrogen) atoms. The number of unbranched alkanes of at least 4 members (excludes halogenated alkanes) is 11. The van der Waals surface area contributed by atoms with Crippen molar-refractivity contribution >= 4 is 0 Å². The standard InChI is InChI=1S/C26H50O11/c1-2-3-4-5-6-7-8-9-10-11-12-13-14-34-23-17(15-27)36-26(22(32)20(23)30)37-24-18(16-28)35-25(33)21(31)19(24)29/h17-33H,2-16H2,1H3/t17-,18-,19-,20-,21-,22-,23-,24+,25-,26+/m1/s1. The normalized spacial score (nSPS) is 36.6. The highest BCUT2D eigenvalue weighted by molar-refractivity contribution is 4.94. The number of rotatable bonds is 18. The van der Waals surface area contributed by atoms with Gasteiger partial charge in [0.1, 0.15) is 48.8 Å². The van der Waals surface area contributed by atoms with Gasteiger partial charge >= 0.3 is 0 Å². The van der Waals surface area contributed by atoms with Crippen molar-refractivity contribution in [3.05, 3.63) is 0 Å². The molecule has 2 aliphatic rings. The lowest BCUT2D eigenvalue weighted by molar-refractivity contribution is -0.357. The average molecular weight is 539 g/mol. The first kappa shape index (κ1) is 32.8. The van der Waals surface area contributed by atoms with E-state index in [1.165, 1.54) is 57.8 Å². The molecule has 2 saturated heterocycles. The summed E-state index contributed by atoms with van der Waals surface area (Å²) in [7, 11) is 0. The van der Waals surface area contributed by atoms with E-state index in [4.69, 9.17) is 18.9 Å². The van der Waals surface area contributed by atoms with E-state index in [1.807, 2.05) is 0 Å². The molecule has 0 bridgehead atoms. The van der Waals surface area contributed by atoms with Gasteiger partial charge in [0.15, 0.2) is 12.6 Å². The van der Waals surface area contributed by atoms with E-state index >= 15 is 0 Å². The highest BCUT2D eigenvalue weighted by Crippen LogP contribution is 2.29. The van der Waals surface area contributed by atoms with Crippen molar-refractivity contribution in [1.82, 2.24) is 0 Å². The number of ether oxygens (including phenoxy) is 4. The molecule has 11 nitrogen and oxygen atoms in total. The molecule has 2 heterocycles. The van der Waals surface area contributed by atoms with Crippen molar-refractivity contribution in [2.24, 2.45) is 0 Å². The third-order valence-corrected chi connectivity index (χ3v) is 7.26. The van der Waals surface area contributed by atoms with E-state index < -0.39 is 74.6 Å². The van der Waals surface area contributed by atoms with Crippen molar-refractivity contribution in [2.45, 2.75) is 145 Å². The summed E-state index contributed by atoms with van der Waals surface area (Å²) < 4.78 is 21.9. The summed E-state index contributed by atoms with van der Waals surface area (Å²) in [5, 5.41) is 70.2. The maximum atomic E-state index is 10.6. The van der Waals surface area contributed by atoms with Crippen LogP contribution in [-0.2, 0) is 18.9 Å². The van der Waals surface area contributed by atoms with E-state index in [1.54, 1.807) is 0 Å². The minimum absolute atomic E-state index is 0.336. The summed E-state index contributed by atoms with van der Waals surface area (Å²) in [5.74, 6) is 0. The number of aliphatic hydroxyl groups excluding tert-OH is 7. The molecule has 0 spiro atoms. The Bertz CT molecular complexity index is 579. The lowest BCUT2D eigenvalue weighted by atomic mass is 9.97. The molecule has 11 heteroatoms. The average Bonchev–Trinajstić information content (AvgIpc) is 2.90. The van der Waals surface area contributed by atoms with Crippen molar-refractivity contribution in [2.75, 3.05) is 19.8 Å². The highest BCUT2D eigenvalue weighted by atomic mass is 16.7. The molecule has 0 radical (unpaired) electrons. The second-order valence-electron chi connectivity index (χ2n) is 10.3. The monoisotopic (exact) mass is 538 g/mol. The van der Waals surface area contributed by atoms with Crippen LogP contribution in [0.2, 0.25) is 0 Å².